The predicted molar refractivity (Wildman–Crippen MR) is 63.0 cm³/mol. The number of hydrogen-bond acceptors (Lipinski definition) is 4. The molecule has 0 aliphatic heterocycles. The van der Waals surface area contributed by atoms with Crippen molar-refractivity contribution in [2.45, 2.75) is 25.9 Å². The van der Waals surface area contributed by atoms with Gasteiger partial charge in [-0.15, -0.1) is 0 Å². The van der Waals surface area contributed by atoms with Crippen LogP contribution in [0, 0.1) is 0 Å². The lowest BCUT2D eigenvalue weighted by molar-refractivity contribution is 0.0907. The molecule has 0 saturated carbocycles. The Kier molecular flexibility index (Phi) is 4.78. The van der Waals surface area contributed by atoms with Gasteiger partial charge in [0.25, 0.3) is 5.91 Å². The molecule has 94 valence electrons. The van der Waals surface area contributed by atoms with Crippen LogP contribution in [0.3, 0.4) is 0 Å². The number of aliphatic hydroxyl groups excluding tert-OH is 1. The van der Waals surface area contributed by atoms with Crippen LogP contribution in [0.15, 0.2) is 18.2 Å². The third-order valence-electron chi connectivity index (χ3n) is 2.38. The van der Waals surface area contributed by atoms with Crippen LogP contribution < -0.4 is 5.32 Å². The van der Waals surface area contributed by atoms with Crippen LogP contribution >= 0.6 is 0 Å². The molecule has 0 aromatic heterocycles. The Morgan fingerprint density at radius 1 is 1.41 bits per heavy atom. The summed E-state index contributed by atoms with van der Waals surface area (Å²) in [6.45, 7) is 2.06. The molecule has 17 heavy (non-hydrogen) atoms. The molecule has 0 radical (unpaired) electrons. The molecular formula is C12H17NO4. The molecule has 0 heterocycles. The van der Waals surface area contributed by atoms with Crippen molar-refractivity contribution in [3.05, 3.63) is 23.8 Å². The molecule has 5 nitrogen and oxygen atoms in total. The van der Waals surface area contributed by atoms with Crippen molar-refractivity contribution in [1.82, 2.24) is 5.32 Å². The monoisotopic (exact) mass is 239 g/mol. The number of aliphatic hydroxyl groups is 1. The van der Waals surface area contributed by atoms with Crippen LogP contribution in [0.1, 0.15) is 30.1 Å². The van der Waals surface area contributed by atoms with Gasteiger partial charge < -0.3 is 20.6 Å². The number of carbonyl (C=O) groups excluding carboxylic acids is 1. The number of aromatic hydroxyl groups is 2. The number of amides is 1. The summed E-state index contributed by atoms with van der Waals surface area (Å²) in [5.74, 6) is -1.31. The standard InChI is InChI=1S/C12H17NO4/c1-2-4-8(14)7-13-12(17)9-5-3-6-10(15)11(9)16/h3,5-6,8,14-16H,2,4,7H2,1H3,(H,13,17). The molecule has 1 rings (SSSR count). The zero-order valence-electron chi connectivity index (χ0n) is 9.68. The van der Waals surface area contributed by atoms with E-state index >= 15 is 0 Å². The first-order valence-electron chi connectivity index (χ1n) is 5.53. The fourth-order valence-corrected chi connectivity index (χ4v) is 1.46. The first-order chi connectivity index (χ1) is 8.06. The summed E-state index contributed by atoms with van der Waals surface area (Å²) in [5, 5.41) is 30.6. The van der Waals surface area contributed by atoms with Gasteiger partial charge in [-0.1, -0.05) is 19.4 Å². The molecule has 5 heteroatoms. The van der Waals surface area contributed by atoms with Gasteiger partial charge in [-0.2, -0.15) is 0 Å². The Morgan fingerprint density at radius 3 is 2.76 bits per heavy atom. The van der Waals surface area contributed by atoms with Gasteiger partial charge in [0.1, 0.15) is 0 Å². The molecule has 1 amide bonds. The highest BCUT2D eigenvalue weighted by Gasteiger charge is 2.14. The van der Waals surface area contributed by atoms with Crippen LogP contribution in [-0.4, -0.2) is 33.9 Å². The van der Waals surface area contributed by atoms with E-state index in [4.69, 9.17) is 0 Å². The largest absolute Gasteiger partial charge is 0.504 e. The van der Waals surface area contributed by atoms with Gasteiger partial charge in [-0.05, 0) is 18.6 Å². The fourth-order valence-electron chi connectivity index (χ4n) is 1.46. The number of nitrogens with one attached hydrogen (secondary N) is 1. The quantitative estimate of drug-likeness (QED) is 0.577. The molecule has 0 saturated heterocycles. The first-order valence-corrected chi connectivity index (χ1v) is 5.53. The summed E-state index contributed by atoms with van der Waals surface area (Å²) in [6.07, 6.45) is 0.837. The van der Waals surface area contributed by atoms with Crippen LogP contribution in [0.5, 0.6) is 11.5 Å². The van der Waals surface area contributed by atoms with E-state index in [9.17, 15) is 20.1 Å². The van der Waals surface area contributed by atoms with Gasteiger partial charge in [0, 0.05) is 6.54 Å². The van der Waals surface area contributed by atoms with Crippen LogP contribution in [0.2, 0.25) is 0 Å². The zero-order chi connectivity index (χ0) is 12.8. The Bertz CT molecular complexity index is 392. The second-order valence-electron chi connectivity index (χ2n) is 3.83. The van der Waals surface area contributed by atoms with E-state index < -0.39 is 17.8 Å². The van der Waals surface area contributed by atoms with Crippen molar-refractivity contribution >= 4 is 5.91 Å². The highest BCUT2D eigenvalue weighted by molar-refractivity contribution is 5.97. The normalized spacial score (nSPS) is 12.1. The molecule has 1 aromatic rings. The van der Waals surface area contributed by atoms with E-state index in [0.29, 0.717) is 6.42 Å². The van der Waals surface area contributed by atoms with E-state index in [2.05, 4.69) is 5.32 Å². The summed E-state index contributed by atoms with van der Waals surface area (Å²) >= 11 is 0. The summed E-state index contributed by atoms with van der Waals surface area (Å²) in [6, 6.07) is 4.15. The summed E-state index contributed by atoms with van der Waals surface area (Å²) in [5.41, 5.74) is -0.00583. The number of rotatable bonds is 5. The molecule has 0 aliphatic carbocycles. The highest BCUT2D eigenvalue weighted by Crippen LogP contribution is 2.27. The Morgan fingerprint density at radius 2 is 2.12 bits per heavy atom. The summed E-state index contributed by atoms with van der Waals surface area (Å²) in [4.78, 5) is 11.6. The second-order valence-corrected chi connectivity index (χ2v) is 3.83. The van der Waals surface area contributed by atoms with E-state index in [0.717, 1.165) is 6.42 Å². The number of carbonyl (C=O) groups is 1. The fraction of sp³-hybridized carbons (Fsp3) is 0.417. The number of para-hydroxylation sites is 1. The van der Waals surface area contributed by atoms with E-state index in [1.807, 2.05) is 6.92 Å². The minimum absolute atomic E-state index is 0.00583. The van der Waals surface area contributed by atoms with Gasteiger partial charge in [-0.3, -0.25) is 4.79 Å². The van der Waals surface area contributed by atoms with Crippen molar-refractivity contribution < 1.29 is 20.1 Å². The maximum absolute atomic E-state index is 11.6. The Hall–Kier alpha value is -1.75. The SMILES string of the molecule is CCCC(O)CNC(=O)c1cccc(O)c1O. The average Bonchev–Trinajstić information content (AvgIpc) is 2.30. The second kappa shape index (κ2) is 6.10. The van der Waals surface area contributed by atoms with E-state index in [1.165, 1.54) is 18.2 Å². The van der Waals surface area contributed by atoms with Gasteiger partial charge in [0.2, 0.25) is 0 Å². The molecule has 1 aromatic carbocycles. The van der Waals surface area contributed by atoms with Crippen molar-refractivity contribution in [3.63, 3.8) is 0 Å². The van der Waals surface area contributed by atoms with Crippen LogP contribution in [-0.2, 0) is 0 Å². The third kappa shape index (κ3) is 3.64. The van der Waals surface area contributed by atoms with E-state index in [1.54, 1.807) is 0 Å². The molecule has 4 N–H and O–H groups in total. The molecular weight excluding hydrogens is 222 g/mol. The lowest BCUT2D eigenvalue weighted by atomic mass is 10.1. The molecule has 1 atom stereocenters. The van der Waals surface area contributed by atoms with Crippen LogP contribution in [0.4, 0.5) is 0 Å². The Balaban J connectivity index is 2.61. The van der Waals surface area contributed by atoms with Gasteiger partial charge >= 0.3 is 0 Å². The summed E-state index contributed by atoms with van der Waals surface area (Å²) in [7, 11) is 0. The maximum atomic E-state index is 11.6. The van der Waals surface area contributed by atoms with Crippen molar-refractivity contribution in [2.24, 2.45) is 0 Å². The van der Waals surface area contributed by atoms with Crippen molar-refractivity contribution in [3.8, 4) is 11.5 Å². The lowest BCUT2D eigenvalue weighted by Crippen LogP contribution is -2.32. The number of benzene rings is 1. The number of phenols is 2. The molecule has 0 spiro atoms. The zero-order valence-corrected chi connectivity index (χ0v) is 9.68. The molecule has 0 aliphatic rings. The maximum Gasteiger partial charge on any atom is 0.255 e. The van der Waals surface area contributed by atoms with Crippen molar-refractivity contribution in [1.29, 1.82) is 0 Å². The molecule has 1 unspecified atom stereocenters. The van der Waals surface area contributed by atoms with Gasteiger partial charge in [0.15, 0.2) is 11.5 Å². The average molecular weight is 239 g/mol. The van der Waals surface area contributed by atoms with Gasteiger partial charge in [0.05, 0.1) is 11.7 Å². The number of phenolic OH excluding ortho intramolecular Hbond substituents is 2. The minimum atomic E-state index is -0.594. The van der Waals surface area contributed by atoms with Gasteiger partial charge in [-0.25, -0.2) is 0 Å². The summed E-state index contributed by atoms with van der Waals surface area (Å²) < 4.78 is 0. The smallest absolute Gasteiger partial charge is 0.255 e. The minimum Gasteiger partial charge on any atom is -0.504 e. The topological polar surface area (TPSA) is 89.8 Å². The highest BCUT2D eigenvalue weighted by atomic mass is 16.3. The predicted octanol–water partition coefficient (Wildman–Crippen LogP) is 0.989. The van der Waals surface area contributed by atoms with Crippen molar-refractivity contribution in [2.75, 3.05) is 6.54 Å². The van der Waals surface area contributed by atoms with Crippen LogP contribution in [0.25, 0.3) is 0 Å². The molecule has 0 bridgehead atoms. The Labute approximate surface area is 99.7 Å². The van der Waals surface area contributed by atoms with E-state index in [-0.39, 0.29) is 17.9 Å². The lowest BCUT2D eigenvalue weighted by Gasteiger charge is -2.11. The molecule has 0 fully saturated rings. The first kappa shape index (κ1) is 13.3. The number of hydrogen-bond donors (Lipinski definition) is 4. The third-order valence-corrected chi connectivity index (χ3v) is 2.38.